The van der Waals surface area contributed by atoms with E-state index in [4.69, 9.17) is 15.4 Å². The molecular formula is C16H17ClN4O4S. The van der Waals surface area contributed by atoms with E-state index in [1.807, 2.05) is 6.92 Å². The van der Waals surface area contributed by atoms with Crippen LogP contribution in [0.25, 0.3) is 16.9 Å². The van der Waals surface area contributed by atoms with Gasteiger partial charge in [0.2, 0.25) is 0 Å². The smallest absolute Gasteiger partial charge is 0.277 e. The molecule has 0 saturated heterocycles. The average Bonchev–Trinajstić information content (AvgIpc) is 2.90. The van der Waals surface area contributed by atoms with Crippen LogP contribution in [0.1, 0.15) is 24.9 Å². The van der Waals surface area contributed by atoms with E-state index in [0.717, 1.165) is 6.42 Å². The first-order chi connectivity index (χ1) is 12.3. The quantitative estimate of drug-likeness (QED) is 0.663. The molecule has 0 radical (unpaired) electrons. The van der Waals surface area contributed by atoms with E-state index in [9.17, 15) is 13.2 Å². The van der Waals surface area contributed by atoms with E-state index in [0.29, 0.717) is 34.8 Å². The van der Waals surface area contributed by atoms with Gasteiger partial charge in [0.15, 0.2) is 11.3 Å². The van der Waals surface area contributed by atoms with Crippen LogP contribution in [-0.4, -0.2) is 35.1 Å². The lowest BCUT2D eigenvalue weighted by atomic mass is 10.2. The molecule has 0 fully saturated rings. The SMILES string of the molecule is CCCc1nc(C)c2c(=O)[nH]c(-c3cc(S(=O)(=O)Cl)ccc3OC)nn12. The highest BCUT2D eigenvalue weighted by Gasteiger charge is 2.19. The summed E-state index contributed by atoms with van der Waals surface area (Å²) in [4.78, 5) is 19.5. The molecule has 8 nitrogen and oxygen atoms in total. The van der Waals surface area contributed by atoms with Crippen molar-refractivity contribution in [1.29, 1.82) is 0 Å². The van der Waals surface area contributed by atoms with Crippen molar-refractivity contribution in [1.82, 2.24) is 19.6 Å². The molecule has 0 atom stereocenters. The average molecular weight is 397 g/mol. The summed E-state index contributed by atoms with van der Waals surface area (Å²) in [5.41, 5.74) is 0.876. The maximum atomic E-state index is 12.6. The molecule has 3 rings (SSSR count). The zero-order chi connectivity index (χ0) is 19.1. The standard InChI is InChI=1S/C16H17ClN4O4S/c1-4-5-13-18-9(2)14-16(22)19-15(20-21(13)14)11-8-10(26(17,23)24)6-7-12(11)25-3/h6-8H,4-5H2,1-3H3,(H,19,20,22). The zero-order valence-corrected chi connectivity index (χ0v) is 16.0. The van der Waals surface area contributed by atoms with Gasteiger partial charge < -0.3 is 9.72 Å². The number of fused-ring (bicyclic) bond motifs is 1. The summed E-state index contributed by atoms with van der Waals surface area (Å²) in [7, 11) is 2.93. The van der Waals surface area contributed by atoms with E-state index in [2.05, 4.69) is 15.1 Å². The molecule has 0 spiro atoms. The van der Waals surface area contributed by atoms with Crippen molar-refractivity contribution in [2.75, 3.05) is 7.11 Å². The van der Waals surface area contributed by atoms with Crippen molar-refractivity contribution >= 4 is 25.2 Å². The number of aromatic amines is 1. The highest BCUT2D eigenvalue weighted by Crippen LogP contribution is 2.31. The molecule has 0 saturated carbocycles. The van der Waals surface area contributed by atoms with Gasteiger partial charge in [0, 0.05) is 17.1 Å². The summed E-state index contributed by atoms with van der Waals surface area (Å²) in [6.07, 6.45) is 1.49. The summed E-state index contributed by atoms with van der Waals surface area (Å²) < 4.78 is 30.1. The lowest BCUT2D eigenvalue weighted by Gasteiger charge is -2.10. The van der Waals surface area contributed by atoms with Gasteiger partial charge in [-0.1, -0.05) is 6.92 Å². The number of nitrogens with one attached hydrogen (secondary N) is 1. The van der Waals surface area contributed by atoms with Gasteiger partial charge >= 0.3 is 0 Å². The summed E-state index contributed by atoms with van der Waals surface area (Å²) in [5, 5.41) is 4.46. The molecule has 2 aromatic heterocycles. The Morgan fingerprint density at radius 2 is 2.08 bits per heavy atom. The molecule has 1 N–H and O–H groups in total. The number of methoxy groups -OCH3 is 1. The number of aromatic nitrogens is 4. The predicted molar refractivity (Wildman–Crippen MR) is 97.4 cm³/mol. The second kappa shape index (κ2) is 6.73. The molecule has 3 aromatic rings. The van der Waals surface area contributed by atoms with Crippen LogP contribution in [0.3, 0.4) is 0 Å². The Bertz CT molecular complexity index is 1150. The van der Waals surface area contributed by atoms with Gasteiger partial charge in [-0.25, -0.2) is 17.9 Å². The number of rotatable bonds is 5. The second-order valence-electron chi connectivity index (χ2n) is 5.73. The summed E-state index contributed by atoms with van der Waals surface area (Å²) in [6.45, 7) is 3.74. The van der Waals surface area contributed by atoms with Crippen LogP contribution in [0.2, 0.25) is 0 Å². The first-order valence-electron chi connectivity index (χ1n) is 7.87. The Kier molecular flexibility index (Phi) is 4.76. The molecular weight excluding hydrogens is 380 g/mol. The van der Waals surface area contributed by atoms with Crippen molar-refractivity contribution in [3.63, 3.8) is 0 Å². The Hall–Kier alpha value is -2.39. The number of nitrogens with zero attached hydrogens (tertiary/aromatic N) is 3. The fourth-order valence-electron chi connectivity index (χ4n) is 2.77. The van der Waals surface area contributed by atoms with Crippen LogP contribution in [0.15, 0.2) is 27.9 Å². The highest BCUT2D eigenvalue weighted by molar-refractivity contribution is 8.13. The first-order valence-corrected chi connectivity index (χ1v) is 10.2. The number of benzene rings is 1. The van der Waals surface area contributed by atoms with Crippen molar-refractivity contribution in [2.24, 2.45) is 0 Å². The molecule has 2 heterocycles. The van der Waals surface area contributed by atoms with E-state index in [-0.39, 0.29) is 16.3 Å². The third-order valence-electron chi connectivity index (χ3n) is 3.92. The second-order valence-corrected chi connectivity index (χ2v) is 8.29. The largest absolute Gasteiger partial charge is 0.496 e. The molecule has 26 heavy (non-hydrogen) atoms. The third-order valence-corrected chi connectivity index (χ3v) is 5.28. The monoisotopic (exact) mass is 396 g/mol. The maximum absolute atomic E-state index is 12.6. The number of halogens is 1. The normalized spacial score (nSPS) is 11.8. The van der Waals surface area contributed by atoms with Gasteiger partial charge in [-0.2, -0.15) is 0 Å². The lowest BCUT2D eigenvalue weighted by molar-refractivity contribution is 0.415. The Morgan fingerprint density at radius 1 is 1.35 bits per heavy atom. The van der Waals surface area contributed by atoms with Crippen molar-refractivity contribution in [3.8, 4) is 17.1 Å². The summed E-state index contributed by atoms with van der Waals surface area (Å²) >= 11 is 0. The van der Waals surface area contributed by atoms with Gasteiger partial charge in [0.25, 0.3) is 14.6 Å². The molecule has 138 valence electrons. The number of aryl methyl sites for hydroxylation is 2. The van der Waals surface area contributed by atoms with E-state index >= 15 is 0 Å². The van der Waals surface area contributed by atoms with Gasteiger partial charge in [-0.05, 0) is 31.5 Å². The van der Waals surface area contributed by atoms with Gasteiger partial charge in [0.1, 0.15) is 11.6 Å². The van der Waals surface area contributed by atoms with Crippen LogP contribution in [0, 0.1) is 6.92 Å². The Labute approximate surface area is 154 Å². The number of imidazole rings is 1. The van der Waals surface area contributed by atoms with Crippen LogP contribution >= 0.6 is 10.7 Å². The van der Waals surface area contributed by atoms with Crippen LogP contribution in [0.4, 0.5) is 0 Å². The van der Waals surface area contributed by atoms with Gasteiger partial charge in [-0.3, -0.25) is 4.79 Å². The highest BCUT2D eigenvalue weighted by atomic mass is 35.7. The van der Waals surface area contributed by atoms with Crippen LogP contribution in [0.5, 0.6) is 5.75 Å². The van der Waals surface area contributed by atoms with Crippen molar-refractivity contribution in [2.45, 2.75) is 31.6 Å². The van der Waals surface area contributed by atoms with E-state index < -0.39 is 9.05 Å². The minimum absolute atomic E-state index is 0.117. The minimum atomic E-state index is -3.95. The predicted octanol–water partition coefficient (Wildman–Crippen LogP) is 2.28. The maximum Gasteiger partial charge on any atom is 0.277 e. The Morgan fingerprint density at radius 3 is 2.69 bits per heavy atom. The number of H-pyrrole nitrogens is 1. The molecule has 0 aliphatic heterocycles. The zero-order valence-electron chi connectivity index (χ0n) is 14.4. The number of ether oxygens (including phenoxy) is 1. The topological polar surface area (TPSA) is 106 Å². The third kappa shape index (κ3) is 3.19. The molecule has 0 aliphatic carbocycles. The van der Waals surface area contributed by atoms with Crippen molar-refractivity contribution in [3.05, 3.63) is 40.1 Å². The fourth-order valence-corrected chi connectivity index (χ4v) is 3.54. The molecule has 0 bridgehead atoms. The first kappa shape index (κ1) is 18.4. The molecule has 10 heteroatoms. The van der Waals surface area contributed by atoms with Gasteiger partial charge in [0.05, 0.1) is 23.3 Å². The Balaban J connectivity index is 2.32. The molecule has 1 aromatic carbocycles. The van der Waals surface area contributed by atoms with Crippen LogP contribution < -0.4 is 10.3 Å². The summed E-state index contributed by atoms with van der Waals surface area (Å²) in [5.74, 6) is 1.18. The lowest BCUT2D eigenvalue weighted by Crippen LogP contribution is -2.16. The molecule has 0 aliphatic rings. The van der Waals surface area contributed by atoms with Crippen molar-refractivity contribution < 1.29 is 13.2 Å². The number of hydrogen-bond acceptors (Lipinski definition) is 6. The number of hydrogen-bond donors (Lipinski definition) is 1. The summed E-state index contributed by atoms with van der Waals surface area (Å²) in [6, 6.07) is 4.10. The fraction of sp³-hybridized carbons (Fsp3) is 0.312. The molecule has 0 amide bonds. The van der Waals surface area contributed by atoms with E-state index in [1.54, 1.807) is 6.92 Å². The van der Waals surface area contributed by atoms with E-state index in [1.165, 1.54) is 29.8 Å². The minimum Gasteiger partial charge on any atom is -0.496 e. The van der Waals surface area contributed by atoms with Gasteiger partial charge in [-0.15, -0.1) is 5.10 Å². The van der Waals surface area contributed by atoms with Crippen LogP contribution in [-0.2, 0) is 15.5 Å². The molecule has 0 unspecified atom stereocenters.